The normalized spacial score (nSPS) is 23.6. The van der Waals surface area contributed by atoms with E-state index in [1.165, 1.54) is 12.8 Å². The van der Waals surface area contributed by atoms with Crippen LogP contribution < -0.4 is 4.74 Å². The number of rotatable bonds is 4. The minimum absolute atomic E-state index is 0.00288. The Balaban J connectivity index is 1.65. The molecule has 0 bridgehead atoms. The average molecular weight is 373 g/mol. The van der Waals surface area contributed by atoms with Gasteiger partial charge >= 0.3 is 0 Å². The highest BCUT2D eigenvalue weighted by molar-refractivity contribution is 5.97. The second-order valence-corrected chi connectivity index (χ2v) is 8.24. The smallest absolute Gasteiger partial charge is 0.260 e. The van der Waals surface area contributed by atoms with Crippen molar-refractivity contribution in [2.45, 2.75) is 46.0 Å². The fourth-order valence-electron chi connectivity index (χ4n) is 4.32. The molecule has 5 heteroatoms. The first-order valence-electron chi connectivity index (χ1n) is 10.3. The quantitative estimate of drug-likeness (QED) is 0.812. The Kier molecular flexibility index (Phi) is 6.75. The van der Waals surface area contributed by atoms with Crippen LogP contribution >= 0.6 is 0 Å². The number of hydrogen-bond donors (Lipinski definition) is 0. The molecule has 5 nitrogen and oxygen atoms in total. The molecular weight excluding hydrogens is 340 g/mol. The van der Waals surface area contributed by atoms with Crippen LogP contribution in [-0.2, 0) is 4.79 Å². The van der Waals surface area contributed by atoms with Gasteiger partial charge in [0, 0.05) is 26.2 Å². The molecule has 2 fully saturated rings. The minimum atomic E-state index is -0.00288. The van der Waals surface area contributed by atoms with Gasteiger partial charge in [-0.05, 0) is 43.2 Å². The summed E-state index contributed by atoms with van der Waals surface area (Å²) in [5, 5.41) is 0. The summed E-state index contributed by atoms with van der Waals surface area (Å²) in [6.07, 6.45) is 5.66. The number of carbonyl (C=O) groups is 2. The van der Waals surface area contributed by atoms with E-state index in [4.69, 9.17) is 4.74 Å². The number of hydrogen-bond acceptors (Lipinski definition) is 3. The second-order valence-electron chi connectivity index (χ2n) is 8.24. The maximum atomic E-state index is 13.1. The van der Waals surface area contributed by atoms with Gasteiger partial charge in [0.05, 0.1) is 5.56 Å². The van der Waals surface area contributed by atoms with Crippen molar-refractivity contribution < 1.29 is 14.3 Å². The summed E-state index contributed by atoms with van der Waals surface area (Å²) in [5.41, 5.74) is 0.558. The number of nitrogens with zero attached hydrogens (tertiary/aromatic N) is 2. The Morgan fingerprint density at radius 2 is 1.59 bits per heavy atom. The Hall–Kier alpha value is -2.04. The van der Waals surface area contributed by atoms with Crippen LogP contribution in [0.2, 0.25) is 0 Å². The number of para-hydroxylation sites is 1. The molecule has 148 valence electrons. The van der Waals surface area contributed by atoms with Crippen LogP contribution in [0.5, 0.6) is 5.75 Å². The van der Waals surface area contributed by atoms with Crippen molar-refractivity contribution in [3.8, 4) is 5.75 Å². The summed E-state index contributed by atoms with van der Waals surface area (Å²) >= 11 is 0. The van der Waals surface area contributed by atoms with Crippen molar-refractivity contribution in [3.05, 3.63) is 29.8 Å². The van der Waals surface area contributed by atoms with Crippen LogP contribution in [0.25, 0.3) is 0 Å². The highest BCUT2D eigenvalue weighted by Gasteiger charge is 2.28. The molecule has 2 amide bonds. The summed E-state index contributed by atoms with van der Waals surface area (Å²) in [4.78, 5) is 29.4. The van der Waals surface area contributed by atoms with Gasteiger partial charge in [0.1, 0.15) is 5.75 Å². The van der Waals surface area contributed by atoms with Gasteiger partial charge in [0.15, 0.2) is 6.61 Å². The first kappa shape index (κ1) is 19.7. The zero-order valence-corrected chi connectivity index (χ0v) is 16.7. The van der Waals surface area contributed by atoms with Gasteiger partial charge in [-0.25, -0.2) is 0 Å². The SMILES string of the molecule is CC1CC(C)CN(C(=O)c2ccccc2OCC(=O)N2CCCCCC2)C1. The van der Waals surface area contributed by atoms with E-state index in [1.807, 2.05) is 21.9 Å². The largest absolute Gasteiger partial charge is 0.483 e. The van der Waals surface area contributed by atoms with Gasteiger partial charge in [0.25, 0.3) is 11.8 Å². The van der Waals surface area contributed by atoms with Crippen molar-refractivity contribution >= 4 is 11.8 Å². The lowest BCUT2D eigenvalue weighted by Gasteiger charge is -2.35. The molecule has 1 aromatic rings. The molecule has 1 aromatic carbocycles. The minimum Gasteiger partial charge on any atom is -0.483 e. The highest BCUT2D eigenvalue weighted by atomic mass is 16.5. The lowest BCUT2D eigenvalue weighted by Crippen LogP contribution is -2.42. The molecule has 2 aliphatic rings. The number of piperidine rings is 1. The molecular formula is C22H32N2O3. The highest BCUT2D eigenvalue weighted by Crippen LogP contribution is 2.26. The van der Waals surface area contributed by atoms with Gasteiger partial charge in [0.2, 0.25) is 0 Å². The third-order valence-electron chi connectivity index (χ3n) is 5.58. The summed E-state index contributed by atoms with van der Waals surface area (Å²) in [6, 6.07) is 7.30. The molecule has 2 heterocycles. The number of ether oxygens (including phenoxy) is 1. The molecule has 0 spiro atoms. The monoisotopic (exact) mass is 372 g/mol. The molecule has 2 unspecified atom stereocenters. The van der Waals surface area contributed by atoms with Gasteiger partial charge in [-0.2, -0.15) is 0 Å². The fourth-order valence-corrected chi connectivity index (χ4v) is 4.32. The summed E-state index contributed by atoms with van der Waals surface area (Å²) in [5.74, 6) is 1.55. The van der Waals surface area contributed by atoms with E-state index in [1.54, 1.807) is 12.1 Å². The molecule has 2 aliphatic heterocycles. The first-order valence-corrected chi connectivity index (χ1v) is 10.3. The van der Waals surface area contributed by atoms with Gasteiger partial charge in [-0.15, -0.1) is 0 Å². The van der Waals surface area contributed by atoms with Crippen LogP contribution in [0.3, 0.4) is 0 Å². The molecule has 2 atom stereocenters. The van der Waals surface area contributed by atoms with Gasteiger partial charge < -0.3 is 14.5 Å². The standard InChI is InChI=1S/C22H32N2O3/c1-17-13-18(2)15-24(14-17)22(26)19-9-5-6-10-20(19)27-16-21(25)23-11-7-3-4-8-12-23/h5-6,9-10,17-18H,3-4,7-8,11-16H2,1-2H3. The summed E-state index contributed by atoms with van der Waals surface area (Å²) in [7, 11) is 0. The van der Waals surface area contributed by atoms with Crippen LogP contribution in [0.4, 0.5) is 0 Å². The van der Waals surface area contributed by atoms with E-state index in [0.717, 1.165) is 45.4 Å². The predicted molar refractivity (Wildman–Crippen MR) is 106 cm³/mol. The molecule has 0 radical (unpaired) electrons. The lowest BCUT2D eigenvalue weighted by atomic mass is 9.91. The van der Waals surface area contributed by atoms with E-state index >= 15 is 0 Å². The number of carbonyl (C=O) groups excluding carboxylic acids is 2. The van der Waals surface area contributed by atoms with Crippen molar-refractivity contribution in [2.75, 3.05) is 32.8 Å². The third-order valence-corrected chi connectivity index (χ3v) is 5.58. The van der Waals surface area contributed by atoms with E-state index in [9.17, 15) is 9.59 Å². The Bertz CT molecular complexity index is 643. The maximum absolute atomic E-state index is 13.1. The maximum Gasteiger partial charge on any atom is 0.260 e. The average Bonchev–Trinajstić information content (AvgIpc) is 2.94. The second kappa shape index (κ2) is 9.25. The van der Waals surface area contributed by atoms with Crippen LogP contribution in [-0.4, -0.2) is 54.4 Å². The van der Waals surface area contributed by atoms with E-state index < -0.39 is 0 Å². The topological polar surface area (TPSA) is 49.9 Å². The van der Waals surface area contributed by atoms with Crippen LogP contribution in [0, 0.1) is 11.8 Å². The Morgan fingerprint density at radius 3 is 2.26 bits per heavy atom. The third kappa shape index (κ3) is 5.24. The van der Waals surface area contributed by atoms with Gasteiger partial charge in [-0.3, -0.25) is 9.59 Å². The zero-order valence-electron chi connectivity index (χ0n) is 16.7. The Labute approximate surface area is 162 Å². The molecule has 3 rings (SSSR count). The Morgan fingerprint density at radius 1 is 0.963 bits per heavy atom. The number of amides is 2. The molecule has 0 aromatic heterocycles. The zero-order chi connectivity index (χ0) is 19.2. The summed E-state index contributed by atoms with van der Waals surface area (Å²) < 4.78 is 5.82. The van der Waals surface area contributed by atoms with E-state index in [-0.39, 0.29) is 18.4 Å². The van der Waals surface area contributed by atoms with Crippen molar-refractivity contribution in [2.24, 2.45) is 11.8 Å². The molecule has 0 aliphatic carbocycles. The van der Waals surface area contributed by atoms with Crippen molar-refractivity contribution in [1.29, 1.82) is 0 Å². The molecule has 0 saturated carbocycles. The molecule has 0 N–H and O–H groups in total. The molecule has 27 heavy (non-hydrogen) atoms. The predicted octanol–water partition coefficient (Wildman–Crippen LogP) is 3.59. The summed E-state index contributed by atoms with van der Waals surface area (Å²) in [6.45, 7) is 7.57. The first-order chi connectivity index (χ1) is 13.0. The van der Waals surface area contributed by atoms with E-state index in [0.29, 0.717) is 23.1 Å². The number of benzene rings is 1. The van der Waals surface area contributed by atoms with E-state index in [2.05, 4.69) is 13.8 Å². The molecule has 2 saturated heterocycles. The fraction of sp³-hybridized carbons (Fsp3) is 0.636. The number of likely N-dealkylation sites (tertiary alicyclic amines) is 2. The van der Waals surface area contributed by atoms with Crippen LogP contribution in [0.15, 0.2) is 24.3 Å². The lowest BCUT2D eigenvalue weighted by molar-refractivity contribution is -0.133. The van der Waals surface area contributed by atoms with Crippen LogP contribution in [0.1, 0.15) is 56.3 Å². The van der Waals surface area contributed by atoms with Gasteiger partial charge in [-0.1, -0.05) is 38.8 Å². The van der Waals surface area contributed by atoms with Crippen molar-refractivity contribution in [1.82, 2.24) is 9.80 Å². The van der Waals surface area contributed by atoms with Crippen molar-refractivity contribution in [3.63, 3.8) is 0 Å².